The van der Waals surface area contributed by atoms with Gasteiger partial charge >= 0.3 is 0 Å². The van der Waals surface area contributed by atoms with Crippen LogP contribution in [0.15, 0.2) is 66.7 Å². The number of nitrogens with zero attached hydrogens (tertiary/aromatic N) is 1. The second-order valence-corrected chi connectivity index (χ2v) is 5.85. The molecule has 0 fully saturated rings. The molecule has 0 atom stereocenters. The maximum atomic E-state index is 12.5. The maximum absolute atomic E-state index is 12.5. The van der Waals surface area contributed by atoms with E-state index in [1.807, 2.05) is 54.6 Å². The molecule has 21 heavy (non-hydrogen) atoms. The fourth-order valence-corrected chi connectivity index (χ4v) is 3.53. The summed E-state index contributed by atoms with van der Waals surface area (Å²) in [7, 11) is 0. The Morgan fingerprint density at radius 1 is 0.857 bits per heavy atom. The van der Waals surface area contributed by atoms with Crippen LogP contribution in [0, 0.1) is 0 Å². The Morgan fingerprint density at radius 3 is 2.48 bits per heavy atom. The van der Waals surface area contributed by atoms with E-state index in [1.165, 1.54) is 16.7 Å². The summed E-state index contributed by atoms with van der Waals surface area (Å²) in [5, 5.41) is 2.87. The van der Waals surface area contributed by atoms with Gasteiger partial charge in [0.2, 0.25) is 5.78 Å². The Kier molecular flexibility index (Phi) is 2.79. The minimum atomic E-state index is -0.0131. The predicted molar refractivity (Wildman–Crippen MR) is 87.0 cm³/mol. The summed E-state index contributed by atoms with van der Waals surface area (Å²) in [6, 6.07) is 21.5. The van der Waals surface area contributed by atoms with Crippen molar-refractivity contribution in [2.75, 3.05) is 0 Å². The van der Waals surface area contributed by atoms with Crippen molar-refractivity contribution in [3.63, 3.8) is 0 Å². The standard InChI is InChI=1S/C18H11NOS/c20-16(13-7-2-1-3-8-13)18-19-15-11-10-12-6-4-5-9-14(12)17(15)21-18/h1-11H. The van der Waals surface area contributed by atoms with Gasteiger partial charge in [0.15, 0.2) is 5.01 Å². The summed E-state index contributed by atoms with van der Waals surface area (Å²) in [5.41, 5.74) is 1.57. The molecule has 100 valence electrons. The molecule has 2 nitrogen and oxygen atoms in total. The molecule has 0 aliphatic rings. The summed E-state index contributed by atoms with van der Waals surface area (Å²) in [4.78, 5) is 17.0. The first-order valence-electron chi connectivity index (χ1n) is 6.71. The van der Waals surface area contributed by atoms with Crippen molar-refractivity contribution in [2.45, 2.75) is 0 Å². The van der Waals surface area contributed by atoms with Crippen molar-refractivity contribution in [3.05, 3.63) is 77.3 Å². The number of hydrogen-bond acceptors (Lipinski definition) is 3. The Hall–Kier alpha value is -2.52. The van der Waals surface area contributed by atoms with Crippen molar-refractivity contribution >= 4 is 38.1 Å². The first-order chi connectivity index (χ1) is 10.3. The van der Waals surface area contributed by atoms with Gasteiger partial charge in [-0.1, -0.05) is 60.7 Å². The van der Waals surface area contributed by atoms with Gasteiger partial charge in [0.25, 0.3) is 0 Å². The largest absolute Gasteiger partial charge is 0.286 e. The van der Waals surface area contributed by atoms with E-state index < -0.39 is 0 Å². The molecule has 0 aliphatic carbocycles. The van der Waals surface area contributed by atoms with Crippen LogP contribution in [0.4, 0.5) is 0 Å². The van der Waals surface area contributed by atoms with E-state index in [9.17, 15) is 4.79 Å². The lowest BCUT2D eigenvalue weighted by Crippen LogP contribution is -1.99. The summed E-state index contributed by atoms with van der Waals surface area (Å²) in [6.07, 6.45) is 0. The van der Waals surface area contributed by atoms with Gasteiger partial charge in [-0.3, -0.25) is 4.79 Å². The number of aromatic nitrogens is 1. The number of fused-ring (bicyclic) bond motifs is 3. The Morgan fingerprint density at radius 2 is 1.62 bits per heavy atom. The number of ketones is 1. The number of carbonyl (C=O) groups is 1. The zero-order valence-electron chi connectivity index (χ0n) is 11.1. The minimum Gasteiger partial charge on any atom is -0.286 e. The number of rotatable bonds is 2. The molecule has 3 aromatic carbocycles. The smallest absolute Gasteiger partial charge is 0.221 e. The molecule has 0 amide bonds. The Bertz CT molecular complexity index is 957. The van der Waals surface area contributed by atoms with E-state index in [-0.39, 0.29) is 5.78 Å². The van der Waals surface area contributed by atoms with E-state index in [0.717, 1.165) is 15.6 Å². The van der Waals surface area contributed by atoms with Crippen molar-refractivity contribution in [1.29, 1.82) is 0 Å². The summed E-state index contributed by atoms with van der Waals surface area (Å²) < 4.78 is 1.08. The number of benzene rings is 3. The second-order valence-electron chi connectivity index (χ2n) is 4.85. The van der Waals surface area contributed by atoms with Crippen LogP contribution in [0.1, 0.15) is 15.4 Å². The molecule has 3 heteroatoms. The fraction of sp³-hybridized carbons (Fsp3) is 0. The average Bonchev–Trinajstić information content (AvgIpc) is 2.99. The molecule has 4 aromatic rings. The van der Waals surface area contributed by atoms with Gasteiger partial charge in [-0.25, -0.2) is 4.98 Å². The zero-order chi connectivity index (χ0) is 14.2. The predicted octanol–water partition coefficient (Wildman–Crippen LogP) is 4.68. The van der Waals surface area contributed by atoms with Crippen LogP contribution >= 0.6 is 11.3 Å². The van der Waals surface area contributed by atoms with Gasteiger partial charge in [-0.2, -0.15) is 0 Å². The summed E-state index contributed by atoms with van der Waals surface area (Å²) in [6.45, 7) is 0. The molecule has 1 heterocycles. The van der Waals surface area contributed by atoms with Crippen molar-refractivity contribution in [1.82, 2.24) is 4.98 Å². The van der Waals surface area contributed by atoms with Crippen molar-refractivity contribution in [2.24, 2.45) is 0 Å². The lowest BCUT2D eigenvalue weighted by molar-refractivity contribution is 0.103. The van der Waals surface area contributed by atoms with Crippen LogP contribution in [0.5, 0.6) is 0 Å². The lowest BCUT2D eigenvalue weighted by Gasteiger charge is -1.96. The monoisotopic (exact) mass is 289 g/mol. The van der Waals surface area contributed by atoms with Gasteiger partial charge in [0.1, 0.15) is 0 Å². The van der Waals surface area contributed by atoms with Crippen LogP contribution < -0.4 is 0 Å². The van der Waals surface area contributed by atoms with Gasteiger partial charge in [-0.05, 0) is 11.5 Å². The molecule has 0 N–H and O–H groups in total. The SMILES string of the molecule is O=C(c1ccccc1)c1nc2ccc3ccccc3c2s1. The molecule has 0 aliphatic heterocycles. The van der Waals surface area contributed by atoms with Gasteiger partial charge in [0.05, 0.1) is 10.2 Å². The number of carbonyl (C=O) groups excluding carboxylic acids is 1. The summed E-state index contributed by atoms with van der Waals surface area (Å²) >= 11 is 1.47. The van der Waals surface area contributed by atoms with Gasteiger partial charge in [0, 0.05) is 10.9 Å². The maximum Gasteiger partial charge on any atom is 0.221 e. The first kappa shape index (κ1) is 12.2. The molecule has 0 unspecified atom stereocenters. The third-order valence-electron chi connectivity index (χ3n) is 3.51. The third-order valence-corrected chi connectivity index (χ3v) is 4.61. The van der Waals surface area contributed by atoms with E-state index >= 15 is 0 Å². The molecule has 1 aromatic heterocycles. The highest BCUT2D eigenvalue weighted by Crippen LogP contribution is 2.31. The van der Waals surface area contributed by atoms with Crippen LogP contribution in [-0.4, -0.2) is 10.8 Å². The second kappa shape index (κ2) is 4.79. The molecule has 0 saturated heterocycles. The quantitative estimate of drug-likeness (QED) is 0.501. The molecule has 0 radical (unpaired) electrons. The van der Waals surface area contributed by atoms with Crippen LogP contribution in [0.25, 0.3) is 21.0 Å². The van der Waals surface area contributed by atoms with E-state index in [0.29, 0.717) is 10.6 Å². The highest BCUT2D eigenvalue weighted by Gasteiger charge is 2.15. The molecule has 0 spiro atoms. The zero-order valence-corrected chi connectivity index (χ0v) is 11.9. The van der Waals surface area contributed by atoms with Gasteiger partial charge < -0.3 is 0 Å². The highest BCUT2D eigenvalue weighted by atomic mass is 32.1. The normalized spacial score (nSPS) is 11.0. The Balaban J connectivity index is 1.91. The third kappa shape index (κ3) is 2.03. The van der Waals surface area contributed by atoms with Gasteiger partial charge in [-0.15, -0.1) is 11.3 Å². The fourth-order valence-electron chi connectivity index (χ4n) is 2.47. The molecule has 0 saturated carbocycles. The molecule has 4 rings (SSSR count). The van der Waals surface area contributed by atoms with E-state index in [4.69, 9.17) is 0 Å². The minimum absolute atomic E-state index is 0.0131. The topological polar surface area (TPSA) is 30.0 Å². The van der Waals surface area contributed by atoms with E-state index in [2.05, 4.69) is 17.1 Å². The average molecular weight is 289 g/mol. The highest BCUT2D eigenvalue weighted by molar-refractivity contribution is 7.21. The molecular formula is C18H11NOS. The Labute approximate surface area is 125 Å². The number of thiazole rings is 1. The van der Waals surface area contributed by atoms with Crippen molar-refractivity contribution < 1.29 is 4.79 Å². The first-order valence-corrected chi connectivity index (χ1v) is 7.52. The van der Waals surface area contributed by atoms with Crippen LogP contribution in [0.2, 0.25) is 0 Å². The lowest BCUT2D eigenvalue weighted by atomic mass is 10.1. The van der Waals surface area contributed by atoms with Crippen LogP contribution in [-0.2, 0) is 0 Å². The van der Waals surface area contributed by atoms with Crippen molar-refractivity contribution in [3.8, 4) is 0 Å². The number of hydrogen-bond donors (Lipinski definition) is 0. The van der Waals surface area contributed by atoms with E-state index in [1.54, 1.807) is 0 Å². The molecular weight excluding hydrogens is 278 g/mol. The van der Waals surface area contributed by atoms with Crippen LogP contribution in [0.3, 0.4) is 0 Å². The summed E-state index contributed by atoms with van der Waals surface area (Å²) in [5.74, 6) is -0.0131. The molecule has 0 bridgehead atoms.